The van der Waals surface area contributed by atoms with Gasteiger partial charge in [0.15, 0.2) is 0 Å². The average molecular weight is 169 g/mol. The standard InChI is InChI=1S/C8H11NO3/c1-6-4-7(12-3-2-10)5-8(11)9-6/h4-5,10H,2-3H2,1H3,(H,9,11). The number of hydrogen-bond acceptors (Lipinski definition) is 3. The van der Waals surface area contributed by atoms with Gasteiger partial charge in [0, 0.05) is 11.8 Å². The number of nitrogens with one attached hydrogen (secondary N) is 1. The van der Waals surface area contributed by atoms with Crippen LogP contribution >= 0.6 is 0 Å². The molecular formula is C8H11NO3. The smallest absolute Gasteiger partial charge is 0.251 e. The Morgan fingerprint density at radius 2 is 2.33 bits per heavy atom. The van der Waals surface area contributed by atoms with Crippen LogP contribution in [-0.2, 0) is 0 Å². The molecule has 4 heteroatoms. The predicted octanol–water partition coefficient (Wildman–Crippen LogP) is 0.0544. The van der Waals surface area contributed by atoms with Gasteiger partial charge < -0.3 is 14.8 Å². The minimum absolute atomic E-state index is 0.0498. The summed E-state index contributed by atoms with van der Waals surface area (Å²) in [5, 5.41) is 8.46. The number of rotatable bonds is 3. The first kappa shape index (κ1) is 8.80. The lowest BCUT2D eigenvalue weighted by Crippen LogP contribution is -2.08. The number of H-pyrrole nitrogens is 1. The van der Waals surface area contributed by atoms with Crippen molar-refractivity contribution in [2.75, 3.05) is 13.2 Å². The topological polar surface area (TPSA) is 62.3 Å². The third-order valence-corrected chi connectivity index (χ3v) is 1.31. The molecule has 1 rings (SSSR count). The molecule has 0 aliphatic carbocycles. The molecule has 1 aromatic rings. The molecule has 2 N–H and O–H groups in total. The van der Waals surface area contributed by atoms with Crippen LogP contribution < -0.4 is 10.3 Å². The lowest BCUT2D eigenvalue weighted by Gasteiger charge is -2.03. The first-order valence-electron chi connectivity index (χ1n) is 3.67. The Kier molecular flexibility index (Phi) is 2.88. The van der Waals surface area contributed by atoms with Gasteiger partial charge in [0.2, 0.25) is 0 Å². The molecule has 1 aromatic heterocycles. The molecule has 0 atom stereocenters. The van der Waals surface area contributed by atoms with Gasteiger partial charge in [-0.15, -0.1) is 0 Å². The highest BCUT2D eigenvalue weighted by molar-refractivity contribution is 5.21. The van der Waals surface area contributed by atoms with Crippen LogP contribution in [0.1, 0.15) is 5.69 Å². The Morgan fingerprint density at radius 1 is 1.58 bits per heavy atom. The molecule has 0 aliphatic rings. The van der Waals surface area contributed by atoms with Gasteiger partial charge >= 0.3 is 0 Å². The fourth-order valence-electron chi connectivity index (χ4n) is 0.898. The van der Waals surface area contributed by atoms with Crippen molar-refractivity contribution >= 4 is 0 Å². The van der Waals surface area contributed by atoms with Gasteiger partial charge in [0.25, 0.3) is 5.56 Å². The fourth-order valence-corrected chi connectivity index (χ4v) is 0.898. The highest BCUT2D eigenvalue weighted by Gasteiger charge is 1.95. The van der Waals surface area contributed by atoms with E-state index in [2.05, 4.69) is 4.98 Å². The molecule has 0 amide bonds. The number of aliphatic hydroxyl groups excluding tert-OH is 1. The zero-order chi connectivity index (χ0) is 8.97. The third-order valence-electron chi connectivity index (χ3n) is 1.31. The number of aromatic nitrogens is 1. The van der Waals surface area contributed by atoms with E-state index < -0.39 is 0 Å². The molecular weight excluding hydrogens is 158 g/mol. The summed E-state index contributed by atoms with van der Waals surface area (Å²) < 4.78 is 5.05. The summed E-state index contributed by atoms with van der Waals surface area (Å²) in [5.41, 5.74) is 0.554. The quantitative estimate of drug-likeness (QED) is 0.672. The van der Waals surface area contributed by atoms with Crippen LogP contribution in [-0.4, -0.2) is 23.3 Å². The zero-order valence-electron chi connectivity index (χ0n) is 6.83. The van der Waals surface area contributed by atoms with E-state index >= 15 is 0 Å². The molecule has 0 aliphatic heterocycles. The Hall–Kier alpha value is -1.29. The van der Waals surface area contributed by atoms with Crippen LogP contribution in [0.2, 0.25) is 0 Å². The number of pyridine rings is 1. The second kappa shape index (κ2) is 3.92. The summed E-state index contributed by atoms with van der Waals surface area (Å²) in [6.07, 6.45) is 0. The number of aliphatic hydroxyl groups is 1. The summed E-state index contributed by atoms with van der Waals surface area (Å²) in [5.74, 6) is 0.491. The van der Waals surface area contributed by atoms with E-state index in [-0.39, 0.29) is 18.8 Å². The van der Waals surface area contributed by atoms with Gasteiger partial charge in [-0.3, -0.25) is 4.79 Å². The zero-order valence-corrected chi connectivity index (χ0v) is 6.83. The molecule has 0 saturated carbocycles. The predicted molar refractivity (Wildman–Crippen MR) is 44.4 cm³/mol. The van der Waals surface area contributed by atoms with Crippen LogP contribution in [0, 0.1) is 6.92 Å². The molecule has 0 spiro atoms. The van der Waals surface area contributed by atoms with Crippen molar-refractivity contribution in [3.05, 3.63) is 28.2 Å². The van der Waals surface area contributed by atoms with Crippen LogP contribution in [0.3, 0.4) is 0 Å². The van der Waals surface area contributed by atoms with Crippen molar-refractivity contribution in [3.8, 4) is 5.75 Å². The van der Waals surface area contributed by atoms with Gasteiger partial charge in [0.1, 0.15) is 12.4 Å². The van der Waals surface area contributed by atoms with Crippen molar-refractivity contribution in [1.82, 2.24) is 4.98 Å². The average Bonchev–Trinajstić information content (AvgIpc) is 1.99. The number of hydrogen-bond donors (Lipinski definition) is 2. The normalized spacial score (nSPS) is 9.83. The van der Waals surface area contributed by atoms with Gasteiger partial charge in [-0.05, 0) is 13.0 Å². The molecule has 12 heavy (non-hydrogen) atoms. The molecule has 0 radical (unpaired) electrons. The minimum Gasteiger partial charge on any atom is -0.491 e. The van der Waals surface area contributed by atoms with E-state index in [1.54, 1.807) is 13.0 Å². The molecule has 0 saturated heterocycles. The maximum Gasteiger partial charge on any atom is 0.251 e. The number of ether oxygens (including phenoxy) is 1. The summed E-state index contributed by atoms with van der Waals surface area (Å²) >= 11 is 0. The van der Waals surface area contributed by atoms with Crippen molar-refractivity contribution in [2.24, 2.45) is 0 Å². The summed E-state index contributed by atoms with van der Waals surface area (Å²) in [4.78, 5) is 13.5. The second-order valence-electron chi connectivity index (χ2n) is 2.44. The van der Waals surface area contributed by atoms with Crippen molar-refractivity contribution in [1.29, 1.82) is 0 Å². The van der Waals surface area contributed by atoms with E-state index in [4.69, 9.17) is 9.84 Å². The van der Waals surface area contributed by atoms with Gasteiger partial charge in [-0.25, -0.2) is 0 Å². The monoisotopic (exact) mass is 169 g/mol. The third kappa shape index (κ3) is 2.39. The van der Waals surface area contributed by atoms with Crippen LogP contribution in [0.5, 0.6) is 5.75 Å². The SMILES string of the molecule is Cc1cc(OCCO)cc(=O)[nH]1. The molecule has 0 aromatic carbocycles. The van der Waals surface area contributed by atoms with E-state index in [1.165, 1.54) is 6.07 Å². The lowest BCUT2D eigenvalue weighted by molar-refractivity contribution is 0.201. The van der Waals surface area contributed by atoms with Gasteiger partial charge in [0.05, 0.1) is 6.61 Å². The summed E-state index contributed by atoms with van der Waals surface area (Å²) in [7, 11) is 0. The Balaban J connectivity index is 2.79. The van der Waals surface area contributed by atoms with E-state index in [0.29, 0.717) is 5.75 Å². The highest BCUT2D eigenvalue weighted by atomic mass is 16.5. The summed E-state index contributed by atoms with van der Waals surface area (Å²) in [6, 6.07) is 3.06. The van der Waals surface area contributed by atoms with Crippen LogP contribution in [0.25, 0.3) is 0 Å². The van der Waals surface area contributed by atoms with Crippen LogP contribution in [0.15, 0.2) is 16.9 Å². The van der Waals surface area contributed by atoms with Crippen molar-refractivity contribution in [2.45, 2.75) is 6.92 Å². The molecule has 0 unspecified atom stereocenters. The molecule has 66 valence electrons. The summed E-state index contributed by atoms with van der Waals surface area (Å²) in [6.45, 7) is 1.93. The van der Waals surface area contributed by atoms with Gasteiger partial charge in [-0.1, -0.05) is 0 Å². The van der Waals surface area contributed by atoms with Crippen LogP contribution in [0.4, 0.5) is 0 Å². The van der Waals surface area contributed by atoms with E-state index in [0.717, 1.165) is 5.69 Å². The molecule has 4 nitrogen and oxygen atoms in total. The lowest BCUT2D eigenvalue weighted by atomic mass is 10.3. The largest absolute Gasteiger partial charge is 0.491 e. The first-order valence-corrected chi connectivity index (χ1v) is 3.67. The van der Waals surface area contributed by atoms with Gasteiger partial charge in [-0.2, -0.15) is 0 Å². The fraction of sp³-hybridized carbons (Fsp3) is 0.375. The molecule has 0 fully saturated rings. The van der Waals surface area contributed by atoms with Crippen molar-refractivity contribution in [3.63, 3.8) is 0 Å². The maximum atomic E-state index is 10.9. The Labute approximate surface area is 69.8 Å². The molecule has 0 bridgehead atoms. The Morgan fingerprint density at radius 3 is 2.92 bits per heavy atom. The first-order chi connectivity index (χ1) is 5.72. The second-order valence-corrected chi connectivity index (χ2v) is 2.44. The Bertz CT molecular complexity index is 305. The van der Waals surface area contributed by atoms with E-state index in [9.17, 15) is 4.79 Å². The van der Waals surface area contributed by atoms with Crippen molar-refractivity contribution < 1.29 is 9.84 Å². The van der Waals surface area contributed by atoms with E-state index in [1.807, 2.05) is 0 Å². The maximum absolute atomic E-state index is 10.9. The number of aryl methyl sites for hydroxylation is 1. The molecule has 1 heterocycles. The minimum atomic E-state index is -0.192. The number of aromatic amines is 1. The highest BCUT2D eigenvalue weighted by Crippen LogP contribution is 2.06.